The van der Waals surface area contributed by atoms with Gasteiger partial charge < -0.3 is 5.32 Å². The van der Waals surface area contributed by atoms with Crippen molar-refractivity contribution in [1.82, 2.24) is 9.78 Å². The third-order valence-corrected chi connectivity index (χ3v) is 2.60. The molecule has 0 spiro atoms. The van der Waals surface area contributed by atoms with Crippen molar-refractivity contribution in [3.05, 3.63) is 47.2 Å². The number of rotatable bonds is 4. The lowest BCUT2D eigenvalue weighted by Crippen LogP contribution is -2.10. The summed E-state index contributed by atoms with van der Waals surface area (Å²) in [5.41, 5.74) is 1.13. The van der Waals surface area contributed by atoms with E-state index < -0.39 is 0 Å². The van der Waals surface area contributed by atoms with Gasteiger partial charge in [-0.05, 0) is 30.3 Å². The third kappa shape index (κ3) is 3.09. The summed E-state index contributed by atoms with van der Waals surface area (Å²) in [7, 11) is 0. The van der Waals surface area contributed by atoms with Crippen molar-refractivity contribution >= 4 is 21.6 Å². The quantitative estimate of drug-likeness (QED) is 0.922. The van der Waals surface area contributed by atoms with Crippen LogP contribution in [0.15, 0.2) is 47.2 Å². The van der Waals surface area contributed by atoms with Crippen molar-refractivity contribution in [1.29, 1.82) is 0 Å². The van der Waals surface area contributed by atoms with E-state index in [1.165, 1.54) is 0 Å². The fraction of sp³-hybridized carbons (Fsp3) is 0.182. The highest BCUT2D eigenvalue weighted by molar-refractivity contribution is 9.10. The van der Waals surface area contributed by atoms with Gasteiger partial charge in [-0.1, -0.05) is 15.9 Å². The number of anilines is 1. The topological polar surface area (TPSA) is 29.9 Å². The minimum absolute atomic E-state index is 0.878. The molecule has 1 heterocycles. The van der Waals surface area contributed by atoms with Crippen LogP contribution >= 0.6 is 15.9 Å². The predicted molar refractivity (Wildman–Crippen MR) is 64.9 cm³/mol. The van der Waals surface area contributed by atoms with Crippen molar-refractivity contribution in [2.75, 3.05) is 11.9 Å². The summed E-state index contributed by atoms with van der Waals surface area (Å²) in [6.45, 7) is 1.76. The summed E-state index contributed by atoms with van der Waals surface area (Å²) in [4.78, 5) is 0. The Bertz CT molecular complexity index is 394. The van der Waals surface area contributed by atoms with E-state index in [1.54, 1.807) is 6.20 Å². The molecule has 1 aromatic carbocycles. The van der Waals surface area contributed by atoms with Crippen molar-refractivity contribution in [3.8, 4) is 0 Å². The molecule has 0 amide bonds. The Morgan fingerprint density at radius 2 is 2.07 bits per heavy atom. The summed E-state index contributed by atoms with van der Waals surface area (Å²) in [6.07, 6.45) is 3.75. The molecule has 0 radical (unpaired) electrons. The van der Waals surface area contributed by atoms with E-state index in [4.69, 9.17) is 0 Å². The molecule has 1 N–H and O–H groups in total. The number of halogens is 1. The SMILES string of the molecule is Brc1ccc(NCCn2cccn2)cc1. The van der Waals surface area contributed by atoms with Crippen LogP contribution in [0.5, 0.6) is 0 Å². The maximum Gasteiger partial charge on any atom is 0.0582 e. The molecule has 0 atom stereocenters. The average molecular weight is 266 g/mol. The van der Waals surface area contributed by atoms with Crippen LogP contribution in [0.1, 0.15) is 0 Å². The fourth-order valence-corrected chi connectivity index (χ4v) is 1.58. The van der Waals surface area contributed by atoms with Crippen LogP contribution in [0, 0.1) is 0 Å². The Labute approximate surface area is 97.2 Å². The molecule has 0 saturated heterocycles. The largest absolute Gasteiger partial charge is 0.383 e. The summed E-state index contributed by atoms with van der Waals surface area (Å²) in [5.74, 6) is 0. The van der Waals surface area contributed by atoms with E-state index in [0.717, 1.165) is 23.2 Å². The number of aromatic nitrogens is 2. The van der Waals surface area contributed by atoms with Crippen LogP contribution < -0.4 is 5.32 Å². The Kier molecular flexibility index (Phi) is 3.40. The highest BCUT2D eigenvalue weighted by atomic mass is 79.9. The number of benzene rings is 1. The first kappa shape index (κ1) is 10.2. The van der Waals surface area contributed by atoms with E-state index in [1.807, 2.05) is 41.2 Å². The molecule has 1 aromatic heterocycles. The lowest BCUT2D eigenvalue weighted by atomic mass is 10.3. The van der Waals surface area contributed by atoms with Gasteiger partial charge in [-0.15, -0.1) is 0 Å². The van der Waals surface area contributed by atoms with Gasteiger partial charge in [-0.2, -0.15) is 5.10 Å². The Hall–Kier alpha value is -1.29. The van der Waals surface area contributed by atoms with E-state index in [2.05, 4.69) is 26.3 Å². The zero-order chi connectivity index (χ0) is 10.5. The molecule has 15 heavy (non-hydrogen) atoms. The van der Waals surface area contributed by atoms with Crippen molar-refractivity contribution in [2.45, 2.75) is 6.54 Å². The van der Waals surface area contributed by atoms with Gasteiger partial charge in [0.25, 0.3) is 0 Å². The third-order valence-electron chi connectivity index (χ3n) is 2.07. The molecule has 0 aliphatic heterocycles. The minimum atomic E-state index is 0.878. The van der Waals surface area contributed by atoms with Crippen LogP contribution in [0.25, 0.3) is 0 Å². The molecule has 0 saturated carbocycles. The highest BCUT2D eigenvalue weighted by Gasteiger charge is 1.92. The predicted octanol–water partition coefficient (Wildman–Crippen LogP) is 2.76. The van der Waals surface area contributed by atoms with Gasteiger partial charge in [0.1, 0.15) is 0 Å². The monoisotopic (exact) mass is 265 g/mol. The Balaban J connectivity index is 1.81. The van der Waals surface area contributed by atoms with Gasteiger partial charge in [0.05, 0.1) is 6.54 Å². The highest BCUT2D eigenvalue weighted by Crippen LogP contribution is 2.13. The molecule has 0 bridgehead atoms. The summed E-state index contributed by atoms with van der Waals surface area (Å²) in [5, 5.41) is 7.46. The van der Waals surface area contributed by atoms with E-state index in [-0.39, 0.29) is 0 Å². The molecule has 0 aliphatic rings. The molecule has 78 valence electrons. The first-order chi connectivity index (χ1) is 7.34. The molecule has 2 rings (SSSR count). The number of hydrogen-bond acceptors (Lipinski definition) is 2. The zero-order valence-electron chi connectivity index (χ0n) is 8.23. The van der Waals surface area contributed by atoms with Crippen molar-refractivity contribution < 1.29 is 0 Å². The smallest absolute Gasteiger partial charge is 0.0582 e. The molecular weight excluding hydrogens is 254 g/mol. The lowest BCUT2D eigenvalue weighted by Gasteiger charge is -2.06. The maximum atomic E-state index is 4.13. The summed E-state index contributed by atoms with van der Waals surface area (Å²) in [6, 6.07) is 10.1. The molecule has 4 heteroatoms. The van der Waals surface area contributed by atoms with Crippen molar-refractivity contribution in [3.63, 3.8) is 0 Å². The Morgan fingerprint density at radius 1 is 1.27 bits per heavy atom. The molecule has 3 nitrogen and oxygen atoms in total. The second-order valence-corrected chi connectivity index (χ2v) is 4.12. The van der Waals surface area contributed by atoms with Crippen LogP contribution in [-0.2, 0) is 6.54 Å². The van der Waals surface area contributed by atoms with Crippen LogP contribution in [0.3, 0.4) is 0 Å². The fourth-order valence-electron chi connectivity index (χ4n) is 1.32. The lowest BCUT2D eigenvalue weighted by molar-refractivity contribution is 0.638. The van der Waals surface area contributed by atoms with Gasteiger partial charge in [0.15, 0.2) is 0 Å². The van der Waals surface area contributed by atoms with Crippen LogP contribution in [-0.4, -0.2) is 16.3 Å². The Morgan fingerprint density at radius 3 is 2.73 bits per heavy atom. The minimum Gasteiger partial charge on any atom is -0.383 e. The van der Waals surface area contributed by atoms with E-state index in [9.17, 15) is 0 Å². The average Bonchev–Trinajstić information content (AvgIpc) is 2.74. The standard InChI is InChI=1S/C11H12BrN3/c12-10-2-4-11(5-3-10)13-7-9-15-8-1-6-14-15/h1-6,8,13H,7,9H2. The molecular formula is C11H12BrN3. The first-order valence-electron chi connectivity index (χ1n) is 4.81. The summed E-state index contributed by atoms with van der Waals surface area (Å²) >= 11 is 3.40. The van der Waals surface area contributed by atoms with Gasteiger partial charge >= 0.3 is 0 Å². The van der Waals surface area contributed by atoms with E-state index in [0.29, 0.717) is 0 Å². The number of nitrogens with one attached hydrogen (secondary N) is 1. The second-order valence-electron chi connectivity index (χ2n) is 3.20. The second kappa shape index (κ2) is 4.98. The van der Waals surface area contributed by atoms with Gasteiger partial charge in [0, 0.05) is 29.1 Å². The van der Waals surface area contributed by atoms with Gasteiger partial charge in [-0.3, -0.25) is 4.68 Å². The number of hydrogen-bond donors (Lipinski definition) is 1. The summed E-state index contributed by atoms with van der Waals surface area (Å²) < 4.78 is 3.01. The molecule has 0 fully saturated rings. The zero-order valence-corrected chi connectivity index (χ0v) is 9.81. The normalized spacial score (nSPS) is 10.2. The van der Waals surface area contributed by atoms with Crippen LogP contribution in [0.4, 0.5) is 5.69 Å². The van der Waals surface area contributed by atoms with Crippen LogP contribution in [0.2, 0.25) is 0 Å². The first-order valence-corrected chi connectivity index (χ1v) is 5.61. The number of nitrogens with zero attached hydrogens (tertiary/aromatic N) is 2. The molecule has 2 aromatic rings. The van der Waals surface area contributed by atoms with Gasteiger partial charge in [0.2, 0.25) is 0 Å². The van der Waals surface area contributed by atoms with E-state index >= 15 is 0 Å². The van der Waals surface area contributed by atoms with Crippen molar-refractivity contribution in [2.24, 2.45) is 0 Å². The molecule has 0 aliphatic carbocycles. The maximum absolute atomic E-state index is 4.13. The molecule has 0 unspecified atom stereocenters. The van der Waals surface area contributed by atoms with Gasteiger partial charge in [-0.25, -0.2) is 0 Å².